The van der Waals surface area contributed by atoms with E-state index >= 15 is 0 Å². The van der Waals surface area contributed by atoms with Gasteiger partial charge < -0.3 is 0 Å². The van der Waals surface area contributed by atoms with Gasteiger partial charge >= 0.3 is 0 Å². The Bertz CT molecular complexity index is 280. The van der Waals surface area contributed by atoms with Crippen LogP contribution in [0.5, 0.6) is 0 Å². The first kappa shape index (κ1) is 11.4. The summed E-state index contributed by atoms with van der Waals surface area (Å²) in [5.41, 5.74) is 0.505. The predicted octanol–water partition coefficient (Wildman–Crippen LogP) is 1.52. The quantitative estimate of drug-likeness (QED) is 0.511. The maximum Gasteiger partial charge on any atom is 0.179 e. The lowest BCUT2D eigenvalue weighted by atomic mass is 10.3. The van der Waals surface area contributed by atoms with Gasteiger partial charge in [-0.3, -0.25) is 9.59 Å². The van der Waals surface area contributed by atoms with Gasteiger partial charge in [-0.2, -0.15) is 0 Å². The van der Waals surface area contributed by atoms with Crippen molar-refractivity contribution in [3.63, 3.8) is 0 Å². The summed E-state index contributed by atoms with van der Waals surface area (Å²) in [5, 5.41) is 0. The average molecular weight is 180 g/mol. The molecule has 0 spiro atoms. The maximum atomic E-state index is 10.7. The summed E-state index contributed by atoms with van der Waals surface area (Å²) in [6.45, 7) is 5.39. The van der Waals surface area contributed by atoms with Gasteiger partial charge in [-0.15, -0.1) is 0 Å². The third-order valence-corrected chi connectivity index (χ3v) is 1.15. The molecule has 0 amide bonds. The van der Waals surface area contributed by atoms with E-state index in [1.54, 1.807) is 0 Å². The molecular formula is C9H12N2O2. The van der Waals surface area contributed by atoms with Gasteiger partial charge in [0.15, 0.2) is 12.1 Å². The van der Waals surface area contributed by atoms with Crippen molar-refractivity contribution in [2.45, 2.75) is 20.8 Å². The Morgan fingerprint density at radius 3 is 2.23 bits per heavy atom. The lowest BCUT2D eigenvalue weighted by Gasteiger charge is -1.91. The molecule has 1 aromatic rings. The normalized spacial score (nSPS) is 8.23. The van der Waals surface area contributed by atoms with Crippen LogP contribution in [-0.2, 0) is 0 Å². The monoisotopic (exact) mass is 180 g/mol. The fraction of sp³-hybridized carbons (Fsp3) is 0.333. The summed E-state index contributed by atoms with van der Waals surface area (Å²) in [6, 6.07) is 0. The van der Waals surface area contributed by atoms with E-state index in [0.29, 0.717) is 6.29 Å². The number of ketones is 1. The van der Waals surface area contributed by atoms with Crippen molar-refractivity contribution < 1.29 is 9.59 Å². The van der Waals surface area contributed by atoms with Crippen molar-refractivity contribution in [2.24, 2.45) is 0 Å². The van der Waals surface area contributed by atoms with Crippen molar-refractivity contribution in [3.8, 4) is 0 Å². The summed E-state index contributed by atoms with van der Waals surface area (Å²) >= 11 is 0. The number of hydrogen-bond acceptors (Lipinski definition) is 4. The second-order valence-electron chi connectivity index (χ2n) is 2.00. The van der Waals surface area contributed by atoms with E-state index in [2.05, 4.69) is 9.97 Å². The van der Waals surface area contributed by atoms with Crippen LogP contribution in [0.2, 0.25) is 0 Å². The predicted molar refractivity (Wildman–Crippen MR) is 48.8 cm³/mol. The van der Waals surface area contributed by atoms with Crippen LogP contribution in [-0.4, -0.2) is 22.0 Å². The molecule has 0 aliphatic heterocycles. The molecule has 0 aliphatic rings. The second kappa shape index (κ2) is 5.99. The molecule has 0 radical (unpaired) electrons. The van der Waals surface area contributed by atoms with Crippen molar-refractivity contribution >= 4 is 12.1 Å². The molecular weight excluding hydrogens is 168 g/mol. The molecule has 4 nitrogen and oxygen atoms in total. The smallest absolute Gasteiger partial charge is 0.179 e. The number of carbonyl (C=O) groups is 2. The Morgan fingerprint density at radius 1 is 1.31 bits per heavy atom. The standard InChI is InChI=1S/C7H6N2O2.C2H6/c1-5(11)7-3-8-6(4-10)2-9-7;1-2/h2-4H,1H3;1-2H3. The van der Waals surface area contributed by atoms with Crippen LogP contribution in [0.1, 0.15) is 41.7 Å². The maximum absolute atomic E-state index is 10.7. The van der Waals surface area contributed by atoms with Gasteiger partial charge in [-0.1, -0.05) is 13.8 Å². The molecule has 0 fully saturated rings. The largest absolute Gasteiger partial charge is 0.296 e. The number of nitrogens with zero attached hydrogens (tertiary/aromatic N) is 2. The highest BCUT2D eigenvalue weighted by atomic mass is 16.1. The summed E-state index contributed by atoms with van der Waals surface area (Å²) in [5.74, 6) is -0.157. The summed E-state index contributed by atoms with van der Waals surface area (Å²) in [6.07, 6.45) is 3.13. The van der Waals surface area contributed by atoms with Gasteiger partial charge in [0.05, 0.1) is 12.4 Å². The van der Waals surface area contributed by atoms with Crippen LogP contribution in [0.25, 0.3) is 0 Å². The molecule has 1 heterocycles. The molecule has 0 saturated heterocycles. The minimum Gasteiger partial charge on any atom is -0.296 e. The molecule has 70 valence electrons. The zero-order chi connectivity index (χ0) is 10.3. The zero-order valence-corrected chi connectivity index (χ0v) is 7.94. The van der Waals surface area contributed by atoms with Crippen LogP contribution in [0.3, 0.4) is 0 Å². The van der Waals surface area contributed by atoms with E-state index in [9.17, 15) is 9.59 Å². The van der Waals surface area contributed by atoms with Crippen molar-refractivity contribution in [3.05, 3.63) is 23.8 Å². The number of rotatable bonds is 2. The van der Waals surface area contributed by atoms with Gasteiger partial charge in [0.25, 0.3) is 0 Å². The Kier molecular flexibility index (Phi) is 5.27. The molecule has 0 bridgehead atoms. The molecule has 1 rings (SSSR count). The van der Waals surface area contributed by atoms with E-state index in [-0.39, 0.29) is 17.2 Å². The first-order valence-electron chi connectivity index (χ1n) is 4.02. The molecule has 0 saturated carbocycles. The highest BCUT2D eigenvalue weighted by Crippen LogP contribution is 1.93. The molecule has 13 heavy (non-hydrogen) atoms. The second-order valence-corrected chi connectivity index (χ2v) is 2.00. The summed E-state index contributed by atoms with van der Waals surface area (Å²) in [7, 11) is 0. The molecule has 0 unspecified atom stereocenters. The molecule has 0 aromatic carbocycles. The van der Waals surface area contributed by atoms with E-state index in [0.717, 1.165) is 0 Å². The van der Waals surface area contributed by atoms with Gasteiger partial charge in [-0.25, -0.2) is 9.97 Å². The van der Waals surface area contributed by atoms with E-state index < -0.39 is 0 Å². The topological polar surface area (TPSA) is 59.9 Å². The number of Topliss-reactive ketones (excluding diaryl/α,β-unsaturated/α-hetero) is 1. The van der Waals surface area contributed by atoms with Crippen LogP contribution in [0.4, 0.5) is 0 Å². The fourth-order valence-electron chi connectivity index (χ4n) is 0.581. The Morgan fingerprint density at radius 2 is 1.92 bits per heavy atom. The Balaban J connectivity index is 0.000000671. The number of hydrogen-bond donors (Lipinski definition) is 0. The fourth-order valence-corrected chi connectivity index (χ4v) is 0.581. The molecule has 0 atom stereocenters. The van der Waals surface area contributed by atoms with Crippen LogP contribution >= 0.6 is 0 Å². The number of aldehydes is 1. The highest BCUT2D eigenvalue weighted by molar-refractivity contribution is 5.91. The highest BCUT2D eigenvalue weighted by Gasteiger charge is 1.99. The van der Waals surface area contributed by atoms with Gasteiger partial charge in [0.2, 0.25) is 0 Å². The SMILES string of the molecule is CC.CC(=O)c1cnc(C=O)cn1. The Hall–Kier alpha value is -1.58. The third-order valence-electron chi connectivity index (χ3n) is 1.15. The molecule has 0 N–H and O–H groups in total. The molecule has 4 heteroatoms. The van der Waals surface area contributed by atoms with E-state index in [1.807, 2.05) is 13.8 Å². The summed E-state index contributed by atoms with van der Waals surface area (Å²) in [4.78, 5) is 28.1. The molecule has 0 aliphatic carbocycles. The first-order chi connectivity index (χ1) is 6.24. The summed E-state index contributed by atoms with van der Waals surface area (Å²) < 4.78 is 0. The van der Waals surface area contributed by atoms with Crippen molar-refractivity contribution in [2.75, 3.05) is 0 Å². The zero-order valence-electron chi connectivity index (χ0n) is 7.94. The lowest BCUT2D eigenvalue weighted by Crippen LogP contribution is -1.99. The first-order valence-corrected chi connectivity index (χ1v) is 4.02. The molecule has 1 aromatic heterocycles. The van der Waals surface area contributed by atoms with Crippen molar-refractivity contribution in [1.29, 1.82) is 0 Å². The minimum absolute atomic E-state index is 0.157. The van der Waals surface area contributed by atoms with Gasteiger partial charge in [0.1, 0.15) is 11.4 Å². The van der Waals surface area contributed by atoms with E-state index in [1.165, 1.54) is 19.3 Å². The van der Waals surface area contributed by atoms with Crippen LogP contribution in [0.15, 0.2) is 12.4 Å². The van der Waals surface area contributed by atoms with Crippen LogP contribution in [0, 0.1) is 0 Å². The van der Waals surface area contributed by atoms with Gasteiger partial charge in [-0.05, 0) is 0 Å². The van der Waals surface area contributed by atoms with E-state index in [4.69, 9.17) is 0 Å². The number of carbonyl (C=O) groups excluding carboxylic acids is 2. The Labute approximate surface area is 77.0 Å². The third kappa shape index (κ3) is 3.55. The van der Waals surface area contributed by atoms with Gasteiger partial charge in [0, 0.05) is 6.92 Å². The average Bonchev–Trinajstić information content (AvgIpc) is 2.21. The lowest BCUT2D eigenvalue weighted by molar-refractivity contribution is 0.101. The number of aromatic nitrogens is 2. The minimum atomic E-state index is -0.157. The van der Waals surface area contributed by atoms with Crippen LogP contribution < -0.4 is 0 Å². The van der Waals surface area contributed by atoms with Crippen molar-refractivity contribution in [1.82, 2.24) is 9.97 Å².